The predicted octanol–water partition coefficient (Wildman–Crippen LogP) is 4.46. The number of phenolic OH excluding ortho intramolecular Hbond substituents is 1. The lowest BCUT2D eigenvalue weighted by Crippen LogP contribution is -2.29. The summed E-state index contributed by atoms with van der Waals surface area (Å²) in [5, 5.41) is 19.9. The largest absolute Gasteiger partial charge is 0.504 e. The molecule has 1 unspecified atom stereocenters. The van der Waals surface area contributed by atoms with Gasteiger partial charge in [-0.15, -0.1) is 10.2 Å². The van der Waals surface area contributed by atoms with E-state index in [0.717, 1.165) is 0 Å². The molecule has 32 heavy (non-hydrogen) atoms. The van der Waals surface area contributed by atoms with Gasteiger partial charge in [0, 0.05) is 5.02 Å². The number of amides is 1. The summed E-state index contributed by atoms with van der Waals surface area (Å²) in [6.07, 6.45) is 0. The molecule has 10 heteroatoms. The van der Waals surface area contributed by atoms with Crippen molar-refractivity contribution in [1.29, 1.82) is 0 Å². The molecule has 1 aliphatic heterocycles. The molecule has 0 fully saturated rings. The topological polar surface area (TPSA) is 106 Å². The normalized spacial score (nSPS) is 15.4. The lowest BCUT2D eigenvalue weighted by molar-refractivity contribution is 0.0970. The minimum absolute atomic E-state index is 0.0456. The van der Waals surface area contributed by atoms with E-state index >= 15 is 0 Å². The first kappa shape index (κ1) is 20.5. The van der Waals surface area contributed by atoms with Crippen LogP contribution in [0.3, 0.4) is 0 Å². The summed E-state index contributed by atoms with van der Waals surface area (Å²) in [7, 11) is 0. The molecule has 0 bridgehead atoms. The number of nitrogens with zero attached hydrogens (tertiary/aromatic N) is 3. The number of aryl methyl sites for hydroxylation is 1. The highest BCUT2D eigenvalue weighted by atomic mass is 35.5. The Balaban J connectivity index is 1.80. The maximum absolute atomic E-state index is 13.6. The molecule has 162 valence electrons. The van der Waals surface area contributed by atoms with E-state index in [2.05, 4.69) is 10.2 Å². The zero-order chi connectivity index (χ0) is 22.6. The number of benzene rings is 2. The summed E-state index contributed by atoms with van der Waals surface area (Å²) >= 11 is 7.33. The fourth-order valence-corrected chi connectivity index (χ4v) is 4.70. The van der Waals surface area contributed by atoms with Gasteiger partial charge in [-0.25, -0.2) is 0 Å². The summed E-state index contributed by atoms with van der Waals surface area (Å²) in [5.74, 6) is -0.363. The monoisotopic (exact) mass is 469 g/mol. The Morgan fingerprint density at radius 3 is 2.75 bits per heavy atom. The summed E-state index contributed by atoms with van der Waals surface area (Å²) in [5.41, 5.74) is 0.628. The second-order valence-corrected chi connectivity index (χ2v) is 8.75. The molecule has 2 aromatic heterocycles. The van der Waals surface area contributed by atoms with Crippen LogP contribution < -0.4 is 15.1 Å². The summed E-state index contributed by atoms with van der Waals surface area (Å²) in [6, 6.07) is 8.53. The van der Waals surface area contributed by atoms with Gasteiger partial charge in [-0.3, -0.25) is 14.5 Å². The molecule has 1 N–H and O–H groups in total. The SMILES string of the molecule is CCOc1cc(C2c3c(oc4ccc(Cl)cc4c3=O)C(=O)N2c2nnc(C)s2)ccc1O. The van der Waals surface area contributed by atoms with Crippen LogP contribution in [0.2, 0.25) is 5.02 Å². The van der Waals surface area contributed by atoms with E-state index in [9.17, 15) is 14.7 Å². The molecule has 4 aromatic rings. The number of anilines is 1. The number of halogens is 1. The highest BCUT2D eigenvalue weighted by Crippen LogP contribution is 2.43. The number of phenols is 1. The molecule has 0 saturated carbocycles. The standard InChI is InChI=1S/C22H16ClN3O5S/c1-3-30-16-8-11(4-6-14(16)27)18-17-19(28)13-9-12(23)5-7-15(13)31-20(17)21(29)26(18)22-25-24-10(2)32-22/h4-9,18,27H,3H2,1-2H3. The van der Waals surface area contributed by atoms with E-state index in [1.54, 1.807) is 38.1 Å². The van der Waals surface area contributed by atoms with Gasteiger partial charge < -0.3 is 14.3 Å². The minimum atomic E-state index is -0.843. The van der Waals surface area contributed by atoms with E-state index in [-0.39, 0.29) is 39.2 Å². The first-order chi connectivity index (χ1) is 15.4. The Labute approximate surface area is 190 Å². The minimum Gasteiger partial charge on any atom is -0.504 e. The quantitative estimate of drug-likeness (QED) is 0.470. The fraction of sp³-hybridized carbons (Fsp3) is 0.182. The van der Waals surface area contributed by atoms with Crippen LogP contribution in [0.1, 0.15) is 39.7 Å². The lowest BCUT2D eigenvalue weighted by atomic mass is 9.98. The van der Waals surface area contributed by atoms with E-state index in [4.69, 9.17) is 20.8 Å². The number of aromatic hydroxyl groups is 1. The zero-order valence-electron chi connectivity index (χ0n) is 17.0. The third-order valence-corrected chi connectivity index (χ3v) is 6.23. The van der Waals surface area contributed by atoms with Gasteiger partial charge in [0.15, 0.2) is 16.9 Å². The number of hydrogen-bond donors (Lipinski definition) is 1. The molecule has 2 aromatic carbocycles. The number of carbonyl (C=O) groups is 1. The molecule has 0 spiro atoms. The van der Waals surface area contributed by atoms with Crippen molar-refractivity contribution in [2.45, 2.75) is 19.9 Å². The molecule has 5 rings (SSSR count). The van der Waals surface area contributed by atoms with Gasteiger partial charge in [0.2, 0.25) is 10.9 Å². The van der Waals surface area contributed by atoms with Gasteiger partial charge >= 0.3 is 0 Å². The average Bonchev–Trinajstić information content (AvgIpc) is 3.31. The van der Waals surface area contributed by atoms with Gasteiger partial charge in [-0.2, -0.15) is 0 Å². The number of carbonyl (C=O) groups excluding carboxylic acids is 1. The van der Waals surface area contributed by atoms with Crippen LogP contribution in [0, 0.1) is 6.92 Å². The molecular formula is C22H16ClN3O5S. The van der Waals surface area contributed by atoms with Crippen molar-refractivity contribution in [2.75, 3.05) is 11.5 Å². The predicted molar refractivity (Wildman–Crippen MR) is 120 cm³/mol. The maximum Gasteiger partial charge on any atom is 0.297 e. The van der Waals surface area contributed by atoms with E-state index < -0.39 is 11.9 Å². The van der Waals surface area contributed by atoms with Crippen molar-refractivity contribution < 1.29 is 19.1 Å². The number of aromatic nitrogens is 2. The van der Waals surface area contributed by atoms with Crippen molar-refractivity contribution in [3.63, 3.8) is 0 Å². The molecular weight excluding hydrogens is 454 g/mol. The van der Waals surface area contributed by atoms with Gasteiger partial charge in [0.05, 0.1) is 23.6 Å². The smallest absolute Gasteiger partial charge is 0.297 e. The third kappa shape index (κ3) is 3.12. The van der Waals surface area contributed by atoms with Crippen molar-refractivity contribution >= 4 is 44.9 Å². The van der Waals surface area contributed by atoms with Crippen LogP contribution in [0.15, 0.2) is 45.6 Å². The molecule has 0 aliphatic carbocycles. The molecule has 1 aliphatic rings. The molecule has 0 radical (unpaired) electrons. The van der Waals surface area contributed by atoms with Crippen LogP contribution >= 0.6 is 22.9 Å². The molecule has 1 atom stereocenters. The average molecular weight is 470 g/mol. The van der Waals surface area contributed by atoms with Crippen LogP contribution in [0.5, 0.6) is 11.5 Å². The van der Waals surface area contributed by atoms with Crippen molar-refractivity contribution in [2.24, 2.45) is 0 Å². The Hall–Kier alpha value is -3.43. The Morgan fingerprint density at radius 2 is 2.03 bits per heavy atom. The number of fused-ring (bicyclic) bond motifs is 2. The Bertz CT molecular complexity index is 1450. The first-order valence-electron chi connectivity index (χ1n) is 9.74. The van der Waals surface area contributed by atoms with Crippen molar-refractivity contribution in [3.8, 4) is 11.5 Å². The van der Waals surface area contributed by atoms with E-state index in [1.807, 2.05) is 0 Å². The van der Waals surface area contributed by atoms with Gasteiger partial charge in [0.1, 0.15) is 10.6 Å². The molecule has 8 nitrogen and oxygen atoms in total. The molecule has 3 heterocycles. The third-order valence-electron chi connectivity index (χ3n) is 5.15. The first-order valence-corrected chi connectivity index (χ1v) is 10.9. The lowest BCUT2D eigenvalue weighted by Gasteiger charge is -2.22. The van der Waals surface area contributed by atoms with Gasteiger partial charge in [-0.05, 0) is 49.7 Å². The van der Waals surface area contributed by atoms with Crippen molar-refractivity contribution in [1.82, 2.24) is 10.2 Å². The van der Waals surface area contributed by atoms with Crippen LogP contribution in [-0.4, -0.2) is 27.8 Å². The van der Waals surface area contributed by atoms with Gasteiger partial charge in [-0.1, -0.05) is 29.0 Å². The highest BCUT2D eigenvalue weighted by Gasteiger charge is 2.45. The maximum atomic E-state index is 13.6. The number of hydrogen-bond acceptors (Lipinski definition) is 8. The summed E-state index contributed by atoms with van der Waals surface area (Å²) in [6.45, 7) is 3.90. The number of rotatable bonds is 4. The van der Waals surface area contributed by atoms with Crippen LogP contribution in [0.25, 0.3) is 11.0 Å². The van der Waals surface area contributed by atoms with Crippen LogP contribution in [-0.2, 0) is 0 Å². The van der Waals surface area contributed by atoms with Gasteiger partial charge in [0.25, 0.3) is 5.91 Å². The zero-order valence-corrected chi connectivity index (χ0v) is 18.5. The Kier molecular flexibility index (Phi) is 4.87. The second-order valence-electron chi connectivity index (χ2n) is 7.16. The van der Waals surface area contributed by atoms with E-state index in [1.165, 1.54) is 28.4 Å². The fourth-order valence-electron chi connectivity index (χ4n) is 3.81. The summed E-state index contributed by atoms with van der Waals surface area (Å²) < 4.78 is 11.4. The van der Waals surface area contributed by atoms with E-state index in [0.29, 0.717) is 27.3 Å². The van der Waals surface area contributed by atoms with Crippen molar-refractivity contribution in [3.05, 3.63) is 73.5 Å². The Morgan fingerprint density at radius 1 is 1.22 bits per heavy atom. The second kappa shape index (κ2) is 7.61. The molecule has 1 amide bonds. The molecule has 0 saturated heterocycles. The van der Waals surface area contributed by atoms with Crippen LogP contribution in [0.4, 0.5) is 5.13 Å². The highest BCUT2D eigenvalue weighted by molar-refractivity contribution is 7.15. The summed E-state index contributed by atoms with van der Waals surface area (Å²) in [4.78, 5) is 28.4. The number of ether oxygens (including phenoxy) is 1.